The van der Waals surface area contributed by atoms with Gasteiger partial charge in [0.1, 0.15) is 6.54 Å². The molecule has 22 heavy (non-hydrogen) atoms. The molecule has 0 saturated heterocycles. The quantitative estimate of drug-likeness (QED) is 0.730. The molecule has 0 radical (unpaired) electrons. The first kappa shape index (κ1) is 18.6. The molecule has 1 amide bonds. The first-order valence-corrected chi connectivity index (χ1v) is 9.18. The number of nitrogens with zero attached hydrogens (tertiary/aromatic N) is 1. The van der Waals surface area contributed by atoms with Crippen LogP contribution in [0.25, 0.3) is 0 Å². The van der Waals surface area contributed by atoms with Crippen LogP contribution >= 0.6 is 15.9 Å². The van der Waals surface area contributed by atoms with Crippen LogP contribution in [0.5, 0.6) is 0 Å². The van der Waals surface area contributed by atoms with Gasteiger partial charge in [-0.05, 0) is 37.6 Å². The zero-order chi connectivity index (χ0) is 16.8. The molecular weight excluding hydrogens is 374 g/mol. The molecule has 0 aliphatic carbocycles. The number of amides is 1. The minimum Gasteiger partial charge on any atom is -0.480 e. The number of carbonyl (C=O) groups excluding carboxylic acids is 1. The fourth-order valence-electron chi connectivity index (χ4n) is 1.87. The van der Waals surface area contributed by atoms with E-state index in [1.54, 1.807) is 19.1 Å². The van der Waals surface area contributed by atoms with Crippen LogP contribution < -0.4 is 0 Å². The van der Waals surface area contributed by atoms with E-state index in [9.17, 15) is 18.0 Å². The van der Waals surface area contributed by atoms with Gasteiger partial charge in [-0.3, -0.25) is 9.59 Å². The van der Waals surface area contributed by atoms with Crippen LogP contribution in [0, 0.1) is 0 Å². The zero-order valence-electron chi connectivity index (χ0n) is 12.2. The number of carboxylic acid groups (broad SMARTS) is 1. The molecule has 0 bridgehead atoms. The lowest BCUT2D eigenvalue weighted by Gasteiger charge is -2.18. The number of aliphatic carboxylic acids is 1. The molecule has 0 saturated carbocycles. The number of carbonyl (C=O) groups is 2. The molecule has 0 unspecified atom stereocenters. The number of benzene rings is 1. The summed E-state index contributed by atoms with van der Waals surface area (Å²) in [5.74, 6) is -1.58. The fourth-order valence-corrected chi connectivity index (χ4v) is 3.45. The highest BCUT2D eigenvalue weighted by Crippen LogP contribution is 2.17. The van der Waals surface area contributed by atoms with Gasteiger partial charge in [-0.15, -0.1) is 0 Å². The Balaban J connectivity index is 2.57. The number of hydrogen-bond acceptors (Lipinski definition) is 4. The number of carboxylic acids is 1. The molecule has 0 aromatic heterocycles. The standard InChI is InChI=1S/C14H18BrNO5S/c1-2-16(10-14(18)19)13(17)4-3-9-22(20,21)12-7-5-11(15)6-8-12/h5-8H,2-4,9-10H2,1H3,(H,18,19). The summed E-state index contributed by atoms with van der Waals surface area (Å²) >= 11 is 3.23. The van der Waals surface area contributed by atoms with Crippen LogP contribution in [0.4, 0.5) is 0 Å². The molecule has 8 heteroatoms. The van der Waals surface area contributed by atoms with Crippen molar-refractivity contribution < 1.29 is 23.1 Å². The normalized spacial score (nSPS) is 11.2. The molecule has 122 valence electrons. The van der Waals surface area contributed by atoms with Crippen molar-refractivity contribution >= 4 is 37.6 Å². The number of rotatable bonds is 8. The third-order valence-electron chi connectivity index (χ3n) is 3.04. The molecule has 1 aromatic carbocycles. The van der Waals surface area contributed by atoms with Crippen LogP contribution in [-0.2, 0) is 19.4 Å². The van der Waals surface area contributed by atoms with Crippen molar-refractivity contribution in [3.05, 3.63) is 28.7 Å². The van der Waals surface area contributed by atoms with Gasteiger partial charge in [0.05, 0.1) is 10.6 Å². The first-order chi connectivity index (χ1) is 10.3. The van der Waals surface area contributed by atoms with Crippen LogP contribution in [0.2, 0.25) is 0 Å². The SMILES string of the molecule is CCN(CC(=O)O)C(=O)CCCS(=O)(=O)c1ccc(Br)cc1. The molecule has 1 rings (SSSR count). The van der Waals surface area contributed by atoms with Crippen molar-refractivity contribution in [2.24, 2.45) is 0 Å². The molecule has 0 aliphatic rings. The summed E-state index contributed by atoms with van der Waals surface area (Å²) in [5, 5.41) is 8.70. The summed E-state index contributed by atoms with van der Waals surface area (Å²) in [4.78, 5) is 23.9. The third-order valence-corrected chi connectivity index (χ3v) is 5.38. The summed E-state index contributed by atoms with van der Waals surface area (Å²) in [6.07, 6.45) is 0.171. The molecule has 0 spiro atoms. The maximum Gasteiger partial charge on any atom is 0.323 e. The average Bonchev–Trinajstić information content (AvgIpc) is 2.44. The first-order valence-electron chi connectivity index (χ1n) is 6.74. The van der Waals surface area contributed by atoms with Gasteiger partial charge in [-0.25, -0.2) is 8.42 Å². The van der Waals surface area contributed by atoms with E-state index < -0.39 is 15.8 Å². The fraction of sp³-hybridized carbons (Fsp3) is 0.429. The Morgan fingerprint density at radius 1 is 1.23 bits per heavy atom. The highest BCUT2D eigenvalue weighted by atomic mass is 79.9. The van der Waals surface area contributed by atoms with Gasteiger partial charge >= 0.3 is 5.97 Å². The van der Waals surface area contributed by atoms with Gasteiger partial charge in [0, 0.05) is 17.4 Å². The lowest BCUT2D eigenvalue weighted by Crippen LogP contribution is -2.35. The zero-order valence-corrected chi connectivity index (χ0v) is 14.6. The monoisotopic (exact) mass is 391 g/mol. The van der Waals surface area contributed by atoms with E-state index in [2.05, 4.69) is 15.9 Å². The summed E-state index contributed by atoms with van der Waals surface area (Å²) < 4.78 is 25.0. The van der Waals surface area contributed by atoms with E-state index in [0.717, 1.165) is 4.47 Å². The van der Waals surface area contributed by atoms with E-state index in [0.29, 0.717) is 0 Å². The van der Waals surface area contributed by atoms with Crippen molar-refractivity contribution in [3.63, 3.8) is 0 Å². The van der Waals surface area contributed by atoms with E-state index in [1.165, 1.54) is 17.0 Å². The van der Waals surface area contributed by atoms with Crippen molar-refractivity contribution in [2.75, 3.05) is 18.8 Å². The maximum atomic E-state index is 12.1. The second kappa shape index (κ2) is 8.28. The Bertz CT molecular complexity index is 627. The molecular formula is C14H18BrNO5S. The molecule has 1 aromatic rings. The Morgan fingerprint density at radius 2 is 1.82 bits per heavy atom. The number of hydrogen-bond donors (Lipinski definition) is 1. The highest BCUT2D eigenvalue weighted by molar-refractivity contribution is 9.10. The van der Waals surface area contributed by atoms with Gasteiger partial charge in [0.25, 0.3) is 0 Å². The number of likely N-dealkylation sites (N-methyl/N-ethyl adjacent to an activating group) is 1. The smallest absolute Gasteiger partial charge is 0.323 e. The Labute approximate surface area is 138 Å². The Kier molecular flexibility index (Phi) is 7.02. The summed E-state index contributed by atoms with van der Waals surface area (Å²) in [6.45, 7) is 1.60. The van der Waals surface area contributed by atoms with Crippen LogP contribution in [0.15, 0.2) is 33.6 Å². The molecule has 0 fully saturated rings. The number of halogens is 1. The largest absolute Gasteiger partial charge is 0.480 e. The highest BCUT2D eigenvalue weighted by Gasteiger charge is 2.18. The predicted molar refractivity (Wildman–Crippen MR) is 85.3 cm³/mol. The second-order valence-corrected chi connectivity index (χ2v) is 7.70. The van der Waals surface area contributed by atoms with E-state index in [4.69, 9.17) is 5.11 Å². The van der Waals surface area contributed by atoms with Gasteiger partial charge < -0.3 is 10.0 Å². The molecule has 0 atom stereocenters. The van der Waals surface area contributed by atoms with Crippen molar-refractivity contribution in [1.29, 1.82) is 0 Å². The summed E-state index contributed by atoms with van der Waals surface area (Å²) in [7, 11) is -3.44. The summed E-state index contributed by atoms with van der Waals surface area (Å²) in [5.41, 5.74) is 0. The molecule has 6 nitrogen and oxygen atoms in total. The van der Waals surface area contributed by atoms with Gasteiger partial charge in [-0.2, -0.15) is 0 Å². The molecule has 0 aliphatic heterocycles. The topological polar surface area (TPSA) is 91.8 Å². The minimum absolute atomic E-state index is 0.0108. The maximum absolute atomic E-state index is 12.1. The minimum atomic E-state index is -3.44. The molecule has 1 N–H and O–H groups in total. The number of sulfone groups is 1. The van der Waals surface area contributed by atoms with Gasteiger partial charge in [0.2, 0.25) is 5.91 Å². The van der Waals surface area contributed by atoms with Gasteiger partial charge in [0.15, 0.2) is 9.84 Å². The molecule has 0 heterocycles. The van der Waals surface area contributed by atoms with E-state index >= 15 is 0 Å². The van der Waals surface area contributed by atoms with Crippen LogP contribution in [0.1, 0.15) is 19.8 Å². The lowest BCUT2D eigenvalue weighted by atomic mass is 10.3. The summed E-state index contributed by atoms with van der Waals surface area (Å²) in [6, 6.07) is 6.29. The Morgan fingerprint density at radius 3 is 2.32 bits per heavy atom. The lowest BCUT2D eigenvalue weighted by molar-refractivity contribution is -0.144. The average molecular weight is 392 g/mol. The van der Waals surface area contributed by atoms with E-state index in [-0.39, 0.29) is 42.5 Å². The second-order valence-electron chi connectivity index (χ2n) is 4.68. The van der Waals surface area contributed by atoms with Gasteiger partial charge in [-0.1, -0.05) is 15.9 Å². The van der Waals surface area contributed by atoms with Crippen molar-refractivity contribution in [1.82, 2.24) is 4.90 Å². The van der Waals surface area contributed by atoms with E-state index in [1.807, 2.05) is 0 Å². The Hall–Kier alpha value is -1.41. The van der Waals surface area contributed by atoms with Crippen LogP contribution in [0.3, 0.4) is 0 Å². The third kappa shape index (κ3) is 5.76. The van der Waals surface area contributed by atoms with Crippen LogP contribution in [-0.4, -0.2) is 49.1 Å². The van der Waals surface area contributed by atoms with Crippen molar-refractivity contribution in [2.45, 2.75) is 24.7 Å². The van der Waals surface area contributed by atoms with Crippen molar-refractivity contribution in [3.8, 4) is 0 Å². The predicted octanol–water partition coefficient (Wildman–Crippen LogP) is 1.94.